The first-order valence-electron chi connectivity index (χ1n) is 10.5. The van der Waals surface area contributed by atoms with Crippen molar-refractivity contribution in [2.45, 2.75) is 32.7 Å². The quantitative estimate of drug-likeness (QED) is 0.514. The lowest BCUT2D eigenvalue weighted by atomic mass is 10.1. The standard InChI is InChI=1S/C23H29F3N4O/c1-2-27-22(29-16-19-7-9-21(10-8-19)23(24,25)26)28-15-18-3-5-20(6-4-18)17-30-11-13-31-14-12-30/h3-10H,2,11-17H2,1H3,(H2,27,28,29). The van der Waals surface area contributed by atoms with Crippen LogP contribution in [-0.2, 0) is 30.5 Å². The van der Waals surface area contributed by atoms with E-state index in [0.29, 0.717) is 25.6 Å². The number of aliphatic imine (C=N–C) groups is 1. The van der Waals surface area contributed by atoms with Gasteiger partial charge in [0.2, 0.25) is 0 Å². The van der Waals surface area contributed by atoms with Crippen molar-refractivity contribution in [2.24, 2.45) is 4.99 Å². The Labute approximate surface area is 181 Å². The molecule has 0 radical (unpaired) electrons. The second-order valence-corrected chi connectivity index (χ2v) is 7.45. The van der Waals surface area contributed by atoms with Gasteiger partial charge in [-0.1, -0.05) is 36.4 Å². The van der Waals surface area contributed by atoms with Crippen LogP contribution in [0.4, 0.5) is 13.2 Å². The molecule has 8 heteroatoms. The van der Waals surface area contributed by atoms with Crippen LogP contribution >= 0.6 is 0 Å². The highest BCUT2D eigenvalue weighted by atomic mass is 19.4. The Bertz CT molecular complexity index is 829. The van der Waals surface area contributed by atoms with Gasteiger partial charge >= 0.3 is 6.18 Å². The van der Waals surface area contributed by atoms with Crippen LogP contribution in [0.15, 0.2) is 53.5 Å². The lowest BCUT2D eigenvalue weighted by Gasteiger charge is -2.26. The number of nitrogens with one attached hydrogen (secondary N) is 2. The number of hydrogen-bond donors (Lipinski definition) is 2. The maximum Gasteiger partial charge on any atom is 0.416 e. The van der Waals surface area contributed by atoms with Crippen LogP contribution in [0.3, 0.4) is 0 Å². The molecule has 5 nitrogen and oxygen atoms in total. The average molecular weight is 435 g/mol. The first-order valence-corrected chi connectivity index (χ1v) is 10.5. The van der Waals surface area contributed by atoms with E-state index in [1.165, 1.54) is 17.7 Å². The van der Waals surface area contributed by atoms with Gasteiger partial charge in [-0.2, -0.15) is 13.2 Å². The topological polar surface area (TPSA) is 48.9 Å². The van der Waals surface area contributed by atoms with E-state index < -0.39 is 11.7 Å². The number of nitrogens with zero attached hydrogens (tertiary/aromatic N) is 2. The largest absolute Gasteiger partial charge is 0.416 e. The normalized spacial score (nSPS) is 15.7. The summed E-state index contributed by atoms with van der Waals surface area (Å²) in [7, 11) is 0. The predicted molar refractivity (Wildman–Crippen MR) is 116 cm³/mol. The molecule has 0 bridgehead atoms. The van der Waals surface area contributed by atoms with Crippen LogP contribution in [0, 0.1) is 0 Å². The first kappa shape index (κ1) is 23.1. The van der Waals surface area contributed by atoms with Crippen LogP contribution in [0.5, 0.6) is 0 Å². The van der Waals surface area contributed by atoms with Crippen LogP contribution in [0.25, 0.3) is 0 Å². The second-order valence-electron chi connectivity index (χ2n) is 7.45. The SMILES string of the molecule is CCNC(=NCc1ccc(C(F)(F)F)cc1)NCc1ccc(CN2CCOCC2)cc1. The molecular formula is C23H29F3N4O. The van der Waals surface area contributed by atoms with Gasteiger partial charge in [-0.25, -0.2) is 4.99 Å². The van der Waals surface area contributed by atoms with Gasteiger partial charge in [-0.15, -0.1) is 0 Å². The molecule has 31 heavy (non-hydrogen) atoms. The zero-order chi connectivity index (χ0) is 22.1. The van der Waals surface area contributed by atoms with Crippen LogP contribution in [-0.4, -0.2) is 43.7 Å². The molecule has 2 aromatic carbocycles. The van der Waals surface area contributed by atoms with E-state index in [1.54, 1.807) is 0 Å². The van der Waals surface area contributed by atoms with E-state index in [9.17, 15) is 13.2 Å². The summed E-state index contributed by atoms with van der Waals surface area (Å²) in [5.74, 6) is 0.625. The molecule has 0 aliphatic carbocycles. The fraction of sp³-hybridized carbons (Fsp3) is 0.435. The number of morpholine rings is 1. The molecule has 3 rings (SSSR count). The highest BCUT2D eigenvalue weighted by Crippen LogP contribution is 2.29. The Kier molecular flexibility index (Phi) is 8.31. The molecule has 2 N–H and O–H groups in total. The van der Waals surface area contributed by atoms with Crippen molar-refractivity contribution in [3.8, 4) is 0 Å². The minimum atomic E-state index is -4.32. The van der Waals surface area contributed by atoms with Gasteiger partial charge < -0.3 is 15.4 Å². The van der Waals surface area contributed by atoms with E-state index in [2.05, 4.69) is 44.8 Å². The summed E-state index contributed by atoms with van der Waals surface area (Å²) in [5.41, 5.74) is 2.47. The number of benzene rings is 2. The Morgan fingerprint density at radius 3 is 2.16 bits per heavy atom. The highest BCUT2D eigenvalue weighted by Gasteiger charge is 2.29. The summed E-state index contributed by atoms with van der Waals surface area (Å²) in [6.07, 6.45) is -4.32. The number of rotatable bonds is 7. The smallest absolute Gasteiger partial charge is 0.379 e. The minimum Gasteiger partial charge on any atom is -0.379 e. The predicted octanol–water partition coefficient (Wildman–Crippen LogP) is 3.79. The molecule has 0 saturated carbocycles. The Morgan fingerprint density at radius 2 is 1.55 bits per heavy atom. The molecule has 168 valence electrons. The summed E-state index contributed by atoms with van der Waals surface area (Å²) in [4.78, 5) is 6.86. The van der Waals surface area contributed by atoms with Crippen molar-refractivity contribution in [3.63, 3.8) is 0 Å². The number of hydrogen-bond acceptors (Lipinski definition) is 3. The summed E-state index contributed by atoms with van der Waals surface area (Å²) < 4.78 is 43.4. The fourth-order valence-electron chi connectivity index (χ4n) is 3.28. The molecule has 1 fully saturated rings. The third-order valence-corrected chi connectivity index (χ3v) is 5.04. The van der Waals surface area contributed by atoms with Crippen molar-refractivity contribution < 1.29 is 17.9 Å². The maximum absolute atomic E-state index is 12.7. The molecule has 0 aromatic heterocycles. The number of halogens is 3. The van der Waals surface area contributed by atoms with E-state index in [0.717, 1.165) is 56.1 Å². The average Bonchev–Trinajstić information content (AvgIpc) is 2.77. The lowest BCUT2D eigenvalue weighted by molar-refractivity contribution is -0.137. The Hall–Kier alpha value is -2.58. The second kappa shape index (κ2) is 11.2. The van der Waals surface area contributed by atoms with Crippen LogP contribution in [0.2, 0.25) is 0 Å². The summed E-state index contributed by atoms with van der Waals surface area (Å²) in [5, 5.41) is 6.44. The van der Waals surface area contributed by atoms with E-state index >= 15 is 0 Å². The van der Waals surface area contributed by atoms with Crippen LogP contribution < -0.4 is 10.6 Å². The van der Waals surface area contributed by atoms with Gasteiger partial charge in [0, 0.05) is 32.7 Å². The number of ether oxygens (including phenoxy) is 1. The molecule has 1 saturated heterocycles. The third kappa shape index (κ3) is 7.56. The van der Waals surface area contributed by atoms with E-state index in [4.69, 9.17) is 4.74 Å². The minimum absolute atomic E-state index is 0.298. The van der Waals surface area contributed by atoms with Crippen molar-refractivity contribution in [3.05, 3.63) is 70.8 Å². The van der Waals surface area contributed by atoms with Gasteiger partial charge in [0.05, 0.1) is 25.3 Å². The highest BCUT2D eigenvalue weighted by molar-refractivity contribution is 5.79. The molecule has 1 aliphatic rings. The van der Waals surface area contributed by atoms with Crippen molar-refractivity contribution in [1.29, 1.82) is 0 Å². The maximum atomic E-state index is 12.7. The third-order valence-electron chi connectivity index (χ3n) is 5.04. The summed E-state index contributed by atoms with van der Waals surface area (Å²) in [6, 6.07) is 13.6. The van der Waals surface area contributed by atoms with Crippen molar-refractivity contribution in [2.75, 3.05) is 32.8 Å². The molecule has 0 amide bonds. The van der Waals surface area contributed by atoms with Crippen LogP contribution in [0.1, 0.15) is 29.2 Å². The molecule has 0 atom stereocenters. The zero-order valence-corrected chi connectivity index (χ0v) is 17.7. The molecule has 0 unspecified atom stereocenters. The number of alkyl halides is 3. The molecular weight excluding hydrogens is 405 g/mol. The van der Waals surface area contributed by atoms with E-state index in [1.807, 2.05) is 6.92 Å². The van der Waals surface area contributed by atoms with Crippen molar-refractivity contribution >= 4 is 5.96 Å². The number of guanidine groups is 1. The molecule has 1 heterocycles. The monoisotopic (exact) mass is 434 g/mol. The van der Waals surface area contributed by atoms with Gasteiger partial charge in [0.15, 0.2) is 5.96 Å². The van der Waals surface area contributed by atoms with Gasteiger partial charge in [-0.05, 0) is 35.7 Å². The van der Waals surface area contributed by atoms with E-state index in [-0.39, 0.29) is 0 Å². The van der Waals surface area contributed by atoms with Crippen molar-refractivity contribution in [1.82, 2.24) is 15.5 Å². The van der Waals surface area contributed by atoms with Gasteiger partial charge in [-0.3, -0.25) is 4.90 Å². The molecule has 1 aliphatic heterocycles. The summed E-state index contributed by atoms with van der Waals surface area (Å²) in [6.45, 7) is 8.00. The molecule has 2 aromatic rings. The molecule has 0 spiro atoms. The summed E-state index contributed by atoms with van der Waals surface area (Å²) >= 11 is 0. The zero-order valence-electron chi connectivity index (χ0n) is 17.7. The Balaban J connectivity index is 1.52. The fourth-order valence-corrected chi connectivity index (χ4v) is 3.28. The first-order chi connectivity index (χ1) is 14.9. The van der Waals surface area contributed by atoms with Gasteiger partial charge in [0.1, 0.15) is 0 Å². The lowest BCUT2D eigenvalue weighted by Crippen LogP contribution is -2.36. The Morgan fingerprint density at radius 1 is 0.935 bits per heavy atom. The van der Waals surface area contributed by atoms with Gasteiger partial charge in [0.25, 0.3) is 0 Å².